The Balaban J connectivity index is 3.23. The van der Waals surface area contributed by atoms with Gasteiger partial charge in [-0.1, -0.05) is 30.7 Å². The van der Waals surface area contributed by atoms with E-state index in [1.807, 2.05) is 19.9 Å². The highest BCUT2D eigenvalue weighted by atomic mass is 16.5. The van der Waals surface area contributed by atoms with E-state index >= 15 is 0 Å². The van der Waals surface area contributed by atoms with Gasteiger partial charge in [-0.15, -0.1) is 0 Å². The lowest BCUT2D eigenvalue weighted by Crippen LogP contribution is -2.05. The summed E-state index contributed by atoms with van der Waals surface area (Å²) in [6, 6.07) is 0. The standard InChI is InChI=1S/C15H26O2/c1-3-5-7-9-10-11-13-15(16)17-14-12-8-6-4-2/h3-6H,7-14H2,1-2H3/b5-3+,6-4?. The second-order valence-corrected chi connectivity index (χ2v) is 4.10. The van der Waals surface area contributed by atoms with Gasteiger partial charge >= 0.3 is 5.97 Å². The van der Waals surface area contributed by atoms with Crippen LogP contribution < -0.4 is 0 Å². The van der Waals surface area contributed by atoms with Gasteiger partial charge in [0.2, 0.25) is 0 Å². The van der Waals surface area contributed by atoms with Gasteiger partial charge in [-0.25, -0.2) is 0 Å². The van der Waals surface area contributed by atoms with E-state index in [1.54, 1.807) is 0 Å². The van der Waals surface area contributed by atoms with Gasteiger partial charge in [0, 0.05) is 6.42 Å². The monoisotopic (exact) mass is 238 g/mol. The fourth-order valence-electron chi connectivity index (χ4n) is 1.50. The van der Waals surface area contributed by atoms with Crippen molar-refractivity contribution < 1.29 is 9.53 Å². The Morgan fingerprint density at radius 3 is 2.24 bits per heavy atom. The fourth-order valence-corrected chi connectivity index (χ4v) is 1.50. The summed E-state index contributed by atoms with van der Waals surface area (Å²) in [6.07, 6.45) is 15.2. The van der Waals surface area contributed by atoms with Crippen LogP contribution in [0.4, 0.5) is 0 Å². The number of rotatable bonds is 10. The van der Waals surface area contributed by atoms with E-state index in [4.69, 9.17) is 4.74 Å². The number of esters is 1. The number of allylic oxidation sites excluding steroid dienone is 4. The van der Waals surface area contributed by atoms with Crippen molar-refractivity contribution in [1.29, 1.82) is 0 Å². The van der Waals surface area contributed by atoms with Crippen LogP contribution in [-0.4, -0.2) is 12.6 Å². The summed E-state index contributed by atoms with van der Waals surface area (Å²) in [5, 5.41) is 0. The molecule has 0 saturated carbocycles. The van der Waals surface area contributed by atoms with Crippen molar-refractivity contribution in [2.75, 3.05) is 6.61 Å². The molecule has 0 aliphatic carbocycles. The highest BCUT2D eigenvalue weighted by Crippen LogP contribution is 2.05. The average Bonchev–Trinajstić information content (AvgIpc) is 2.33. The number of hydrogen-bond acceptors (Lipinski definition) is 2. The van der Waals surface area contributed by atoms with Gasteiger partial charge in [0.1, 0.15) is 0 Å². The summed E-state index contributed by atoms with van der Waals surface area (Å²) in [4.78, 5) is 11.3. The molecule has 0 unspecified atom stereocenters. The Morgan fingerprint density at radius 2 is 1.59 bits per heavy atom. The highest BCUT2D eigenvalue weighted by molar-refractivity contribution is 5.69. The summed E-state index contributed by atoms with van der Waals surface area (Å²) in [5.41, 5.74) is 0. The van der Waals surface area contributed by atoms with Gasteiger partial charge in [0.05, 0.1) is 6.61 Å². The van der Waals surface area contributed by atoms with Crippen LogP contribution >= 0.6 is 0 Å². The van der Waals surface area contributed by atoms with E-state index in [9.17, 15) is 4.79 Å². The minimum Gasteiger partial charge on any atom is -0.466 e. The molecule has 0 atom stereocenters. The van der Waals surface area contributed by atoms with E-state index in [0.717, 1.165) is 32.1 Å². The molecule has 0 bridgehead atoms. The summed E-state index contributed by atoms with van der Waals surface area (Å²) < 4.78 is 5.13. The van der Waals surface area contributed by atoms with Crippen LogP contribution in [0.1, 0.15) is 58.8 Å². The molecule has 0 spiro atoms. The van der Waals surface area contributed by atoms with Crippen molar-refractivity contribution in [3.63, 3.8) is 0 Å². The lowest BCUT2D eigenvalue weighted by Gasteiger charge is -2.03. The Labute approximate surface area is 106 Å². The first-order chi connectivity index (χ1) is 8.31. The molecule has 0 saturated heterocycles. The predicted molar refractivity (Wildman–Crippen MR) is 72.9 cm³/mol. The maximum Gasteiger partial charge on any atom is 0.305 e. The summed E-state index contributed by atoms with van der Waals surface area (Å²) in [7, 11) is 0. The normalized spacial score (nSPS) is 11.4. The zero-order valence-electron chi connectivity index (χ0n) is 11.3. The second-order valence-electron chi connectivity index (χ2n) is 4.10. The molecule has 17 heavy (non-hydrogen) atoms. The van der Waals surface area contributed by atoms with E-state index < -0.39 is 0 Å². The SMILES string of the molecule is CC=CCCCOC(=O)CCCCC/C=C/C. The molecular formula is C15H26O2. The average molecular weight is 238 g/mol. The Hall–Kier alpha value is -1.05. The van der Waals surface area contributed by atoms with Crippen molar-refractivity contribution in [3.05, 3.63) is 24.3 Å². The van der Waals surface area contributed by atoms with Gasteiger partial charge in [-0.3, -0.25) is 4.79 Å². The Kier molecular flexibility index (Phi) is 12.2. The molecule has 2 heteroatoms. The van der Waals surface area contributed by atoms with E-state index in [-0.39, 0.29) is 5.97 Å². The minimum atomic E-state index is -0.0449. The van der Waals surface area contributed by atoms with E-state index in [0.29, 0.717) is 13.0 Å². The molecule has 0 N–H and O–H groups in total. The molecular weight excluding hydrogens is 212 g/mol. The summed E-state index contributed by atoms with van der Waals surface area (Å²) in [6.45, 7) is 4.59. The maximum atomic E-state index is 11.3. The molecule has 0 heterocycles. The van der Waals surface area contributed by atoms with Gasteiger partial charge in [0.15, 0.2) is 0 Å². The van der Waals surface area contributed by atoms with Crippen LogP contribution in [0.15, 0.2) is 24.3 Å². The van der Waals surface area contributed by atoms with Gasteiger partial charge in [-0.2, -0.15) is 0 Å². The Morgan fingerprint density at radius 1 is 0.941 bits per heavy atom. The van der Waals surface area contributed by atoms with Crippen molar-refractivity contribution >= 4 is 5.97 Å². The van der Waals surface area contributed by atoms with Gasteiger partial charge in [0.25, 0.3) is 0 Å². The molecule has 0 aromatic heterocycles. The predicted octanol–water partition coefficient (Wildman–Crippen LogP) is 4.41. The third-order valence-electron chi connectivity index (χ3n) is 2.50. The van der Waals surface area contributed by atoms with Crippen LogP contribution in [0, 0.1) is 0 Å². The highest BCUT2D eigenvalue weighted by Gasteiger charge is 2.01. The smallest absolute Gasteiger partial charge is 0.305 e. The largest absolute Gasteiger partial charge is 0.466 e. The summed E-state index contributed by atoms with van der Waals surface area (Å²) >= 11 is 0. The lowest BCUT2D eigenvalue weighted by molar-refractivity contribution is -0.143. The molecule has 0 aliphatic rings. The second kappa shape index (κ2) is 13.0. The number of hydrogen-bond donors (Lipinski definition) is 0. The molecule has 0 aromatic carbocycles. The number of carbonyl (C=O) groups excluding carboxylic acids is 1. The van der Waals surface area contributed by atoms with Crippen LogP contribution in [0.5, 0.6) is 0 Å². The van der Waals surface area contributed by atoms with Crippen molar-refractivity contribution in [2.45, 2.75) is 58.8 Å². The lowest BCUT2D eigenvalue weighted by atomic mass is 10.1. The molecule has 0 rings (SSSR count). The van der Waals surface area contributed by atoms with Crippen molar-refractivity contribution in [2.24, 2.45) is 0 Å². The first kappa shape index (κ1) is 16.0. The topological polar surface area (TPSA) is 26.3 Å². The first-order valence-corrected chi connectivity index (χ1v) is 6.69. The number of ether oxygens (including phenoxy) is 1. The fraction of sp³-hybridized carbons (Fsp3) is 0.667. The maximum absolute atomic E-state index is 11.3. The molecule has 98 valence electrons. The van der Waals surface area contributed by atoms with Crippen LogP contribution in [0.25, 0.3) is 0 Å². The molecule has 0 amide bonds. The Bertz CT molecular complexity index is 229. The molecule has 0 aromatic rings. The molecule has 0 fully saturated rings. The minimum absolute atomic E-state index is 0.0449. The molecule has 0 aliphatic heterocycles. The quantitative estimate of drug-likeness (QED) is 0.320. The van der Waals surface area contributed by atoms with Crippen LogP contribution in [0.3, 0.4) is 0 Å². The third kappa shape index (κ3) is 12.9. The number of unbranched alkanes of at least 4 members (excludes halogenated alkanes) is 4. The van der Waals surface area contributed by atoms with Crippen LogP contribution in [0.2, 0.25) is 0 Å². The number of carbonyl (C=O) groups is 1. The molecule has 2 nitrogen and oxygen atoms in total. The van der Waals surface area contributed by atoms with E-state index in [2.05, 4.69) is 18.2 Å². The first-order valence-electron chi connectivity index (χ1n) is 6.69. The summed E-state index contributed by atoms with van der Waals surface area (Å²) in [5.74, 6) is -0.0449. The van der Waals surface area contributed by atoms with Gasteiger partial charge < -0.3 is 4.74 Å². The zero-order chi connectivity index (χ0) is 12.8. The zero-order valence-corrected chi connectivity index (χ0v) is 11.3. The third-order valence-corrected chi connectivity index (χ3v) is 2.50. The van der Waals surface area contributed by atoms with Crippen molar-refractivity contribution in [1.82, 2.24) is 0 Å². The van der Waals surface area contributed by atoms with Crippen LogP contribution in [-0.2, 0) is 9.53 Å². The van der Waals surface area contributed by atoms with Gasteiger partial charge in [-0.05, 0) is 46.0 Å². The van der Waals surface area contributed by atoms with E-state index in [1.165, 1.54) is 6.42 Å². The molecule has 0 radical (unpaired) electrons. The van der Waals surface area contributed by atoms with Crippen molar-refractivity contribution in [3.8, 4) is 0 Å².